The van der Waals surface area contributed by atoms with E-state index in [1.54, 1.807) is 6.33 Å². The SMILES string of the molecule is CC(C)CCNc1ncnc2c1CCCCC2. The summed E-state index contributed by atoms with van der Waals surface area (Å²) >= 11 is 0. The van der Waals surface area contributed by atoms with Gasteiger partial charge in [0.05, 0.1) is 0 Å². The lowest BCUT2D eigenvalue weighted by atomic mass is 10.1. The number of aromatic nitrogens is 2. The molecule has 0 aliphatic heterocycles. The van der Waals surface area contributed by atoms with Gasteiger partial charge in [0.2, 0.25) is 0 Å². The quantitative estimate of drug-likeness (QED) is 0.811. The van der Waals surface area contributed by atoms with Crippen LogP contribution in [0, 0.1) is 5.92 Å². The summed E-state index contributed by atoms with van der Waals surface area (Å²) in [5, 5.41) is 3.48. The molecule has 3 heteroatoms. The Hall–Kier alpha value is -1.12. The predicted molar refractivity (Wildman–Crippen MR) is 71.2 cm³/mol. The van der Waals surface area contributed by atoms with E-state index in [-0.39, 0.29) is 0 Å². The van der Waals surface area contributed by atoms with E-state index in [0.717, 1.165) is 31.1 Å². The van der Waals surface area contributed by atoms with Gasteiger partial charge in [-0.25, -0.2) is 9.97 Å². The van der Waals surface area contributed by atoms with Crippen molar-refractivity contribution in [3.8, 4) is 0 Å². The average molecular weight is 233 g/mol. The van der Waals surface area contributed by atoms with Gasteiger partial charge >= 0.3 is 0 Å². The Labute approximate surface area is 104 Å². The molecule has 3 nitrogen and oxygen atoms in total. The van der Waals surface area contributed by atoms with Crippen LogP contribution in [0.2, 0.25) is 0 Å². The standard InChI is InChI=1S/C14H23N3/c1-11(2)8-9-15-14-12-6-4-3-5-7-13(12)16-10-17-14/h10-11H,3-9H2,1-2H3,(H,15,16,17). The zero-order valence-corrected chi connectivity index (χ0v) is 11.0. The molecule has 0 spiro atoms. The van der Waals surface area contributed by atoms with Crippen molar-refractivity contribution in [1.29, 1.82) is 0 Å². The Morgan fingerprint density at radius 2 is 2.00 bits per heavy atom. The second-order valence-corrected chi connectivity index (χ2v) is 5.32. The molecule has 0 radical (unpaired) electrons. The maximum atomic E-state index is 4.43. The second-order valence-electron chi connectivity index (χ2n) is 5.32. The average Bonchev–Trinajstić information content (AvgIpc) is 2.54. The molecule has 17 heavy (non-hydrogen) atoms. The minimum Gasteiger partial charge on any atom is -0.370 e. The minimum atomic E-state index is 0.739. The number of nitrogens with one attached hydrogen (secondary N) is 1. The summed E-state index contributed by atoms with van der Waals surface area (Å²) in [6.07, 6.45) is 9.04. The maximum absolute atomic E-state index is 4.43. The molecule has 1 aromatic rings. The summed E-state index contributed by atoms with van der Waals surface area (Å²) in [6.45, 7) is 5.52. The number of nitrogens with zero attached hydrogens (tertiary/aromatic N) is 2. The topological polar surface area (TPSA) is 37.8 Å². The Bertz CT molecular complexity index is 360. The molecule has 1 aromatic heterocycles. The highest BCUT2D eigenvalue weighted by atomic mass is 15.0. The van der Waals surface area contributed by atoms with E-state index in [2.05, 4.69) is 29.1 Å². The molecule has 2 rings (SSSR count). The fourth-order valence-corrected chi connectivity index (χ4v) is 2.33. The number of hydrogen-bond acceptors (Lipinski definition) is 3. The van der Waals surface area contributed by atoms with Crippen LogP contribution in [0.25, 0.3) is 0 Å². The van der Waals surface area contributed by atoms with Crippen molar-refractivity contribution in [2.45, 2.75) is 52.4 Å². The Balaban J connectivity index is 2.06. The van der Waals surface area contributed by atoms with Crippen molar-refractivity contribution in [1.82, 2.24) is 9.97 Å². The van der Waals surface area contributed by atoms with Crippen LogP contribution in [0.15, 0.2) is 6.33 Å². The van der Waals surface area contributed by atoms with Gasteiger partial charge < -0.3 is 5.32 Å². The highest BCUT2D eigenvalue weighted by molar-refractivity contribution is 5.46. The van der Waals surface area contributed by atoms with Gasteiger partial charge in [0.15, 0.2) is 0 Å². The lowest BCUT2D eigenvalue weighted by molar-refractivity contribution is 0.606. The van der Waals surface area contributed by atoms with E-state index in [1.807, 2.05) is 0 Å². The van der Waals surface area contributed by atoms with Gasteiger partial charge in [-0.05, 0) is 38.0 Å². The first-order valence-electron chi connectivity index (χ1n) is 6.84. The molecule has 1 aliphatic rings. The molecule has 0 atom stereocenters. The van der Waals surface area contributed by atoms with Gasteiger partial charge in [-0.3, -0.25) is 0 Å². The lowest BCUT2D eigenvalue weighted by Gasteiger charge is -2.13. The summed E-state index contributed by atoms with van der Waals surface area (Å²) in [7, 11) is 0. The molecule has 0 saturated carbocycles. The number of fused-ring (bicyclic) bond motifs is 1. The molecule has 0 unspecified atom stereocenters. The van der Waals surface area contributed by atoms with Crippen LogP contribution in [-0.4, -0.2) is 16.5 Å². The summed E-state index contributed by atoms with van der Waals surface area (Å²) in [6, 6.07) is 0. The zero-order valence-electron chi connectivity index (χ0n) is 11.0. The maximum Gasteiger partial charge on any atom is 0.132 e. The molecule has 0 bridgehead atoms. The Kier molecular flexibility index (Phi) is 4.35. The third-order valence-electron chi connectivity index (χ3n) is 3.39. The van der Waals surface area contributed by atoms with E-state index < -0.39 is 0 Å². The first-order valence-corrected chi connectivity index (χ1v) is 6.84. The molecule has 0 saturated heterocycles. The van der Waals surface area contributed by atoms with Crippen molar-refractivity contribution in [3.63, 3.8) is 0 Å². The van der Waals surface area contributed by atoms with Crippen LogP contribution < -0.4 is 5.32 Å². The molecular formula is C14H23N3. The van der Waals surface area contributed by atoms with Gasteiger partial charge in [-0.15, -0.1) is 0 Å². The summed E-state index contributed by atoms with van der Waals surface area (Å²) in [5.41, 5.74) is 2.64. The lowest BCUT2D eigenvalue weighted by Crippen LogP contribution is -2.10. The molecule has 0 amide bonds. The van der Waals surface area contributed by atoms with E-state index in [1.165, 1.54) is 36.9 Å². The van der Waals surface area contributed by atoms with Gasteiger partial charge in [0, 0.05) is 17.8 Å². The van der Waals surface area contributed by atoms with Crippen molar-refractivity contribution in [2.24, 2.45) is 5.92 Å². The fraction of sp³-hybridized carbons (Fsp3) is 0.714. The first kappa shape index (κ1) is 12.3. The van der Waals surface area contributed by atoms with E-state index in [0.29, 0.717) is 0 Å². The van der Waals surface area contributed by atoms with Gasteiger partial charge in [0.1, 0.15) is 12.1 Å². The minimum absolute atomic E-state index is 0.739. The number of rotatable bonds is 4. The largest absolute Gasteiger partial charge is 0.370 e. The molecule has 1 N–H and O–H groups in total. The fourth-order valence-electron chi connectivity index (χ4n) is 2.33. The predicted octanol–water partition coefficient (Wildman–Crippen LogP) is 3.20. The summed E-state index contributed by atoms with van der Waals surface area (Å²) in [4.78, 5) is 8.84. The van der Waals surface area contributed by atoms with Crippen molar-refractivity contribution >= 4 is 5.82 Å². The molecule has 1 aliphatic carbocycles. The van der Waals surface area contributed by atoms with Crippen LogP contribution in [0.4, 0.5) is 5.82 Å². The van der Waals surface area contributed by atoms with Gasteiger partial charge in [-0.1, -0.05) is 20.3 Å². The highest BCUT2D eigenvalue weighted by Gasteiger charge is 2.13. The van der Waals surface area contributed by atoms with E-state index in [9.17, 15) is 0 Å². The van der Waals surface area contributed by atoms with Crippen molar-refractivity contribution in [2.75, 3.05) is 11.9 Å². The van der Waals surface area contributed by atoms with Crippen LogP contribution in [0.5, 0.6) is 0 Å². The van der Waals surface area contributed by atoms with Gasteiger partial charge in [0.25, 0.3) is 0 Å². The number of hydrogen-bond donors (Lipinski definition) is 1. The molecule has 0 aromatic carbocycles. The summed E-state index contributed by atoms with van der Waals surface area (Å²) < 4.78 is 0. The van der Waals surface area contributed by atoms with Crippen LogP contribution in [-0.2, 0) is 12.8 Å². The first-order chi connectivity index (χ1) is 8.27. The highest BCUT2D eigenvalue weighted by Crippen LogP contribution is 2.23. The molecule has 94 valence electrons. The summed E-state index contributed by atoms with van der Waals surface area (Å²) in [5.74, 6) is 1.82. The molecule has 1 heterocycles. The van der Waals surface area contributed by atoms with Crippen LogP contribution in [0.3, 0.4) is 0 Å². The van der Waals surface area contributed by atoms with E-state index in [4.69, 9.17) is 0 Å². The zero-order chi connectivity index (χ0) is 12.1. The normalized spacial score (nSPS) is 15.5. The van der Waals surface area contributed by atoms with E-state index >= 15 is 0 Å². The second kappa shape index (κ2) is 5.99. The monoisotopic (exact) mass is 233 g/mol. The third kappa shape index (κ3) is 3.42. The van der Waals surface area contributed by atoms with Crippen LogP contribution in [0.1, 0.15) is 50.8 Å². The Morgan fingerprint density at radius 1 is 1.18 bits per heavy atom. The van der Waals surface area contributed by atoms with Crippen LogP contribution >= 0.6 is 0 Å². The number of anilines is 1. The Morgan fingerprint density at radius 3 is 2.82 bits per heavy atom. The van der Waals surface area contributed by atoms with Crippen molar-refractivity contribution < 1.29 is 0 Å². The molecular weight excluding hydrogens is 210 g/mol. The smallest absolute Gasteiger partial charge is 0.132 e. The van der Waals surface area contributed by atoms with Gasteiger partial charge in [-0.2, -0.15) is 0 Å². The number of aryl methyl sites for hydroxylation is 1. The van der Waals surface area contributed by atoms with Crippen molar-refractivity contribution in [3.05, 3.63) is 17.6 Å². The third-order valence-corrected chi connectivity index (χ3v) is 3.39. The molecule has 0 fully saturated rings.